The highest BCUT2D eigenvalue weighted by molar-refractivity contribution is 5.74. The van der Waals surface area contributed by atoms with E-state index < -0.39 is 11.7 Å². The third kappa shape index (κ3) is 2.85. The molecule has 0 aliphatic carbocycles. The number of hydrogen-bond acceptors (Lipinski definition) is 1. The first-order chi connectivity index (χ1) is 5.54. The molecular weight excluding hydrogens is 188 g/mol. The number of aldehydes is 1. The van der Waals surface area contributed by atoms with Gasteiger partial charge in [0, 0.05) is 5.56 Å². The predicted molar refractivity (Wildman–Crippen MR) is 39.3 cm³/mol. The Balaban J connectivity index is 0.00000144. The lowest BCUT2D eigenvalue weighted by Gasteiger charge is -2.05. The zero-order valence-electron chi connectivity index (χ0n) is 6.34. The second kappa shape index (κ2) is 4.02. The molecule has 0 unspecified atom stereocenters. The van der Waals surface area contributed by atoms with E-state index in [4.69, 9.17) is 0 Å². The Morgan fingerprint density at radius 1 is 1.23 bits per heavy atom. The van der Waals surface area contributed by atoms with Gasteiger partial charge in [-0.3, -0.25) is 9.50 Å². The monoisotopic (exact) mass is 194 g/mol. The number of halogens is 4. The van der Waals surface area contributed by atoms with Crippen molar-refractivity contribution in [1.29, 1.82) is 0 Å². The predicted octanol–water partition coefficient (Wildman–Crippen LogP) is 2.67. The van der Waals surface area contributed by atoms with Gasteiger partial charge >= 0.3 is 6.18 Å². The van der Waals surface area contributed by atoms with Crippen LogP contribution in [0.15, 0.2) is 24.3 Å². The molecule has 0 amide bonds. The van der Waals surface area contributed by atoms with Crippen molar-refractivity contribution in [2.45, 2.75) is 6.18 Å². The van der Waals surface area contributed by atoms with Gasteiger partial charge in [-0.1, -0.05) is 12.1 Å². The van der Waals surface area contributed by atoms with Crippen LogP contribution in [-0.4, -0.2) is 6.29 Å². The highest BCUT2D eigenvalue weighted by atomic mass is 19.4. The summed E-state index contributed by atoms with van der Waals surface area (Å²) in [6.45, 7) is 0. The summed E-state index contributed by atoms with van der Waals surface area (Å²) < 4.78 is 36.0. The minimum Gasteiger partial charge on any atom is -0.298 e. The lowest BCUT2D eigenvalue weighted by Crippen LogP contribution is -2.04. The van der Waals surface area contributed by atoms with Gasteiger partial charge in [0.2, 0.25) is 0 Å². The second-order valence-corrected chi connectivity index (χ2v) is 2.24. The van der Waals surface area contributed by atoms with E-state index in [1.807, 2.05) is 0 Å². The highest BCUT2D eigenvalue weighted by Gasteiger charge is 2.30. The maximum Gasteiger partial charge on any atom is 0.416 e. The van der Waals surface area contributed by atoms with Crippen molar-refractivity contribution in [3.05, 3.63) is 35.4 Å². The Morgan fingerprint density at radius 3 is 2.31 bits per heavy atom. The van der Waals surface area contributed by atoms with Crippen LogP contribution in [0.4, 0.5) is 17.9 Å². The molecule has 0 bridgehead atoms. The van der Waals surface area contributed by atoms with Crippen molar-refractivity contribution in [2.24, 2.45) is 0 Å². The van der Waals surface area contributed by atoms with E-state index >= 15 is 0 Å². The van der Waals surface area contributed by atoms with Gasteiger partial charge in [-0.25, -0.2) is 0 Å². The molecule has 0 saturated carbocycles. The SMILES string of the molecule is F.O=Cc1cccc(C(F)(F)F)c1. The average Bonchev–Trinajstić information content (AvgIpc) is 2.03. The number of carbonyl (C=O) groups is 1. The molecule has 1 aromatic carbocycles. The third-order valence-corrected chi connectivity index (χ3v) is 1.35. The van der Waals surface area contributed by atoms with Crippen LogP contribution in [0.2, 0.25) is 0 Å². The van der Waals surface area contributed by atoms with E-state index in [9.17, 15) is 18.0 Å². The Hall–Kier alpha value is -1.39. The van der Waals surface area contributed by atoms with Crippen LogP contribution >= 0.6 is 0 Å². The molecule has 0 radical (unpaired) electrons. The van der Waals surface area contributed by atoms with Crippen LogP contribution in [-0.2, 0) is 6.18 Å². The Morgan fingerprint density at radius 2 is 1.85 bits per heavy atom. The molecule has 1 nitrogen and oxygen atoms in total. The maximum atomic E-state index is 12.0. The molecule has 1 aromatic rings. The Bertz CT molecular complexity index is 292. The molecule has 5 heteroatoms. The van der Waals surface area contributed by atoms with Crippen molar-refractivity contribution in [2.75, 3.05) is 0 Å². The van der Waals surface area contributed by atoms with Gasteiger partial charge in [0.25, 0.3) is 0 Å². The largest absolute Gasteiger partial charge is 0.416 e. The zero-order valence-corrected chi connectivity index (χ0v) is 6.34. The average molecular weight is 194 g/mol. The van der Waals surface area contributed by atoms with Crippen molar-refractivity contribution < 1.29 is 22.7 Å². The fourth-order valence-corrected chi connectivity index (χ4v) is 0.788. The lowest BCUT2D eigenvalue weighted by atomic mass is 10.1. The summed E-state index contributed by atoms with van der Waals surface area (Å²) in [6, 6.07) is 4.26. The first-order valence-corrected chi connectivity index (χ1v) is 3.16. The number of benzene rings is 1. The molecule has 72 valence electrons. The molecule has 0 fully saturated rings. The van der Waals surface area contributed by atoms with Crippen LogP contribution in [0, 0.1) is 0 Å². The molecule has 0 aliphatic heterocycles. The van der Waals surface area contributed by atoms with Crippen LogP contribution in [0.1, 0.15) is 15.9 Å². The maximum absolute atomic E-state index is 12.0. The van der Waals surface area contributed by atoms with E-state index in [1.165, 1.54) is 12.1 Å². The summed E-state index contributed by atoms with van der Waals surface area (Å²) >= 11 is 0. The van der Waals surface area contributed by atoms with E-state index in [2.05, 4.69) is 0 Å². The number of carbonyl (C=O) groups excluding carboxylic acids is 1. The molecule has 0 heterocycles. The van der Waals surface area contributed by atoms with Crippen LogP contribution in [0.3, 0.4) is 0 Å². The van der Waals surface area contributed by atoms with Crippen molar-refractivity contribution >= 4 is 6.29 Å². The van der Waals surface area contributed by atoms with Gasteiger partial charge in [0.1, 0.15) is 6.29 Å². The topological polar surface area (TPSA) is 17.1 Å². The summed E-state index contributed by atoms with van der Waals surface area (Å²) in [5.41, 5.74) is -0.767. The fraction of sp³-hybridized carbons (Fsp3) is 0.125. The van der Waals surface area contributed by atoms with Gasteiger partial charge in [0.15, 0.2) is 0 Å². The van der Waals surface area contributed by atoms with Gasteiger partial charge < -0.3 is 0 Å². The Labute approximate surface area is 71.5 Å². The van der Waals surface area contributed by atoms with Gasteiger partial charge in [-0.05, 0) is 12.1 Å². The fourth-order valence-electron chi connectivity index (χ4n) is 0.788. The van der Waals surface area contributed by atoms with Gasteiger partial charge in [-0.15, -0.1) is 0 Å². The lowest BCUT2D eigenvalue weighted by molar-refractivity contribution is -0.137. The number of hydrogen-bond donors (Lipinski definition) is 0. The smallest absolute Gasteiger partial charge is 0.298 e. The third-order valence-electron chi connectivity index (χ3n) is 1.35. The molecule has 0 spiro atoms. The second-order valence-electron chi connectivity index (χ2n) is 2.24. The van der Waals surface area contributed by atoms with Crippen molar-refractivity contribution in [3.63, 3.8) is 0 Å². The summed E-state index contributed by atoms with van der Waals surface area (Å²) in [7, 11) is 0. The normalized spacial score (nSPS) is 10.4. The molecule has 0 aliphatic rings. The number of rotatable bonds is 1. The molecule has 0 aromatic heterocycles. The molecule has 1 rings (SSSR count). The van der Waals surface area contributed by atoms with Crippen LogP contribution < -0.4 is 0 Å². The minimum atomic E-state index is -4.38. The van der Waals surface area contributed by atoms with E-state index in [-0.39, 0.29) is 10.3 Å². The van der Waals surface area contributed by atoms with E-state index in [1.54, 1.807) is 0 Å². The Kier molecular flexibility index (Phi) is 3.59. The van der Waals surface area contributed by atoms with Crippen molar-refractivity contribution in [3.8, 4) is 0 Å². The summed E-state index contributed by atoms with van der Waals surface area (Å²) in [6.07, 6.45) is -3.99. The summed E-state index contributed by atoms with van der Waals surface area (Å²) in [4.78, 5) is 10.1. The highest BCUT2D eigenvalue weighted by Crippen LogP contribution is 2.29. The van der Waals surface area contributed by atoms with Crippen LogP contribution in [0.25, 0.3) is 0 Å². The molecule has 13 heavy (non-hydrogen) atoms. The zero-order chi connectivity index (χ0) is 9.19. The molecular formula is C8H6F4O. The summed E-state index contributed by atoms with van der Waals surface area (Å²) in [5.74, 6) is 0. The van der Waals surface area contributed by atoms with Crippen molar-refractivity contribution in [1.82, 2.24) is 0 Å². The molecule has 0 atom stereocenters. The molecule has 0 saturated heterocycles. The van der Waals surface area contributed by atoms with E-state index in [0.717, 1.165) is 12.1 Å². The summed E-state index contributed by atoms with van der Waals surface area (Å²) in [5, 5.41) is 0. The van der Waals surface area contributed by atoms with Gasteiger partial charge in [-0.2, -0.15) is 13.2 Å². The van der Waals surface area contributed by atoms with Gasteiger partial charge in [0.05, 0.1) is 5.56 Å². The minimum absolute atomic E-state index is 0. The van der Waals surface area contributed by atoms with E-state index in [0.29, 0.717) is 6.29 Å². The number of alkyl halides is 3. The van der Waals surface area contributed by atoms with Crippen LogP contribution in [0.5, 0.6) is 0 Å². The molecule has 0 N–H and O–H groups in total. The first-order valence-electron chi connectivity index (χ1n) is 3.16. The first kappa shape index (κ1) is 11.6. The quantitative estimate of drug-likeness (QED) is 0.496. The standard InChI is InChI=1S/C8H5F3O.FH/c9-8(10,11)7-3-1-2-6(4-7)5-12;/h1-5H;1H.